The SMILES string of the molecule is NCC#Cc1cn([C@@H]2CC(O)[C@H](CO)O2)c(=O)[nH]c1=O. The minimum atomic E-state index is -0.873. The third-order valence-electron chi connectivity index (χ3n) is 2.99. The molecule has 1 aliphatic heterocycles. The molecule has 0 spiro atoms. The topological polar surface area (TPSA) is 131 Å². The van der Waals surface area contributed by atoms with Gasteiger partial charge in [-0.25, -0.2) is 4.79 Å². The van der Waals surface area contributed by atoms with Gasteiger partial charge in [-0.05, 0) is 0 Å². The summed E-state index contributed by atoms with van der Waals surface area (Å²) in [6.45, 7) is -0.264. The average Bonchev–Trinajstić information content (AvgIpc) is 2.79. The van der Waals surface area contributed by atoms with E-state index >= 15 is 0 Å². The fraction of sp³-hybridized carbons (Fsp3) is 0.500. The van der Waals surface area contributed by atoms with E-state index in [1.807, 2.05) is 0 Å². The summed E-state index contributed by atoms with van der Waals surface area (Å²) in [7, 11) is 0. The molecule has 1 saturated heterocycles. The van der Waals surface area contributed by atoms with E-state index in [0.717, 1.165) is 4.57 Å². The Bertz CT molecular complexity index is 654. The van der Waals surface area contributed by atoms with Crippen molar-refractivity contribution in [3.8, 4) is 11.8 Å². The van der Waals surface area contributed by atoms with E-state index in [-0.39, 0.29) is 25.1 Å². The highest BCUT2D eigenvalue weighted by Gasteiger charge is 2.35. The molecule has 1 aliphatic rings. The van der Waals surface area contributed by atoms with Crippen LogP contribution in [-0.4, -0.2) is 45.1 Å². The lowest BCUT2D eigenvalue weighted by Gasteiger charge is -2.14. The summed E-state index contributed by atoms with van der Waals surface area (Å²) in [5, 5.41) is 18.7. The van der Waals surface area contributed by atoms with Crippen molar-refractivity contribution in [2.24, 2.45) is 5.73 Å². The Labute approximate surface area is 113 Å². The first-order valence-electron chi connectivity index (χ1n) is 6.05. The Hall–Kier alpha value is -1.92. The van der Waals surface area contributed by atoms with E-state index in [4.69, 9.17) is 15.6 Å². The number of H-pyrrole nitrogens is 1. The predicted molar refractivity (Wildman–Crippen MR) is 68.9 cm³/mol. The minimum Gasteiger partial charge on any atom is -0.394 e. The van der Waals surface area contributed by atoms with Crippen LogP contribution in [0.2, 0.25) is 0 Å². The number of nitrogens with one attached hydrogen (secondary N) is 1. The molecule has 20 heavy (non-hydrogen) atoms. The lowest BCUT2D eigenvalue weighted by atomic mass is 10.2. The standard InChI is InChI=1S/C12H15N3O5/c13-3-1-2-7-5-15(12(19)14-11(7)18)10-4-8(17)9(6-16)20-10/h5,8-10,16-17H,3-4,6,13H2,(H,14,18,19)/t8?,9-,10-/m0/s1. The number of aliphatic hydroxyl groups is 2. The molecule has 2 heterocycles. The van der Waals surface area contributed by atoms with Crippen molar-refractivity contribution in [1.29, 1.82) is 0 Å². The van der Waals surface area contributed by atoms with E-state index in [1.165, 1.54) is 6.20 Å². The normalized spacial score (nSPS) is 25.2. The maximum Gasteiger partial charge on any atom is 0.330 e. The second-order valence-corrected chi connectivity index (χ2v) is 4.33. The summed E-state index contributed by atoms with van der Waals surface area (Å²) in [5.41, 5.74) is 4.05. The first-order chi connectivity index (χ1) is 9.56. The summed E-state index contributed by atoms with van der Waals surface area (Å²) in [4.78, 5) is 25.4. The monoisotopic (exact) mass is 281 g/mol. The number of hydrogen-bond donors (Lipinski definition) is 4. The van der Waals surface area contributed by atoms with Crippen LogP contribution in [-0.2, 0) is 4.74 Å². The summed E-state index contributed by atoms with van der Waals surface area (Å²) in [5.74, 6) is 5.08. The quantitative estimate of drug-likeness (QED) is 0.443. The van der Waals surface area contributed by atoms with Crippen molar-refractivity contribution in [3.63, 3.8) is 0 Å². The van der Waals surface area contributed by atoms with Crippen molar-refractivity contribution >= 4 is 0 Å². The van der Waals surface area contributed by atoms with Crippen LogP contribution >= 0.6 is 0 Å². The summed E-state index contributed by atoms with van der Waals surface area (Å²) >= 11 is 0. The van der Waals surface area contributed by atoms with Gasteiger partial charge in [0.05, 0.1) is 19.3 Å². The van der Waals surface area contributed by atoms with Crippen molar-refractivity contribution < 1.29 is 14.9 Å². The lowest BCUT2D eigenvalue weighted by Crippen LogP contribution is -2.33. The molecule has 2 rings (SSSR count). The van der Waals surface area contributed by atoms with E-state index in [9.17, 15) is 14.7 Å². The Morgan fingerprint density at radius 1 is 1.55 bits per heavy atom. The van der Waals surface area contributed by atoms with Crippen LogP contribution < -0.4 is 17.0 Å². The van der Waals surface area contributed by atoms with Gasteiger partial charge in [0.15, 0.2) is 0 Å². The van der Waals surface area contributed by atoms with Crippen LogP contribution in [0.25, 0.3) is 0 Å². The molecule has 5 N–H and O–H groups in total. The fourth-order valence-electron chi connectivity index (χ4n) is 1.98. The van der Waals surface area contributed by atoms with Gasteiger partial charge in [0.25, 0.3) is 5.56 Å². The number of aromatic nitrogens is 2. The molecule has 1 aromatic rings. The van der Waals surface area contributed by atoms with Gasteiger partial charge in [0.2, 0.25) is 0 Å². The molecule has 0 aromatic carbocycles. The zero-order valence-corrected chi connectivity index (χ0v) is 10.6. The smallest absolute Gasteiger partial charge is 0.330 e. The van der Waals surface area contributed by atoms with Gasteiger partial charge in [0.1, 0.15) is 17.9 Å². The first kappa shape index (κ1) is 14.5. The molecule has 0 aliphatic carbocycles. The molecule has 0 radical (unpaired) electrons. The van der Waals surface area contributed by atoms with Gasteiger partial charge in [-0.15, -0.1) is 0 Å². The maximum atomic E-state index is 11.8. The highest BCUT2D eigenvalue weighted by atomic mass is 16.5. The predicted octanol–water partition coefficient (Wildman–Crippen LogP) is -2.51. The van der Waals surface area contributed by atoms with Crippen molar-refractivity contribution in [3.05, 3.63) is 32.6 Å². The zero-order chi connectivity index (χ0) is 14.7. The Morgan fingerprint density at radius 3 is 2.90 bits per heavy atom. The molecular formula is C12H15N3O5. The number of nitrogens with two attached hydrogens (primary N) is 1. The largest absolute Gasteiger partial charge is 0.394 e. The molecule has 8 heteroatoms. The molecule has 1 aromatic heterocycles. The second-order valence-electron chi connectivity index (χ2n) is 4.33. The van der Waals surface area contributed by atoms with E-state index in [2.05, 4.69) is 16.8 Å². The first-order valence-corrected chi connectivity index (χ1v) is 6.05. The second kappa shape index (κ2) is 6.02. The molecule has 108 valence electrons. The van der Waals surface area contributed by atoms with Crippen LogP contribution in [0.15, 0.2) is 15.8 Å². The van der Waals surface area contributed by atoms with Crippen LogP contribution in [0, 0.1) is 11.8 Å². The lowest BCUT2D eigenvalue weighted by molar-refractivity contribution is -0.0459. The molecule has 8 nitrogen and oxygen atoms in total. The van der Waals surface area contributed by atoms with Gasteiger partial charge in [0, 0.05) is 12.6 Å². The Kier molecular flexibility index (Phi) is 4.36. The molecule has 3 atom stereocenters. The molecular weight excluding hydrogens is 266 g/mol. The molecule has 0 saturated carbocycles. The summed E-state index contributed by atoms with van der Waals surface area (Å²) < 4.78 is 6.50. The average molecular weight is 281 g/mol. The molecule has 1 fully saturated rings. The number of aliphatic hydroxyl groups excluding tert-OH is 2. The third kappa shape index (κ3) is 2.81. The number of aromatic amines is 1. The van der Waals surface area contributed by atoms with Gasteiger partial charge < -0.3 is 20.7 Å². The van der Waals surface area contributed by atoms with Gasteiger partial charge in [-0.3, -0.25) is 14.3 Å². The molecule has 0 bridgehead atoms. The van der Waals surface area contributed by atoms with Crippen molar-refractivity contribution in [1.82, 2.24) is 9.55 Å². The van der Waals surface area contributed by atoms with Crippen molar-refractivity contribution in [2.75, 3.05) is 13.2 Å². The van der Waals surface area contributed by atoms with E-state index in [0.29, 0.717) is 0 Å². The number of hydrogen-bond acceptors (Lipinski definition) is 6. The number of nitrogens with zero attached hydrogens (tertiary/aromatic N) is 1. The van der Waals surface area contributed by atoms with Gasteiger partial charge in [-0.2, -0.15) is 0 Å². The van der Waals surface area contributed by atoms with Crippen LogP contribution in [0.3, 0.4) is 0 Å². The fourth-order valence-corrected chi connectivity index (χ4v) is 1.98. The van der Waals surface area contributed by atoms with Crippen molar-refractivity contribution in [2.45, 2.75) is 24.9 Å². The maximum absolute atomic E-state index is 11.8. The summed E-state index contributed by atoms with van der Waals surface area (Å²) in [6, 6.07) is 0. The number of ether oxygens (including phenoxy) is 1. The highest BCUT2D eigenvalue weighted by Crippen LogP contribution is 2.27. The van der Waals surface area contributed by atoms with Crippen LogP contribution in [0.1, 0.15) is 18.2 Å². The molecule has 1 unspecified atom stereocenters. The third-order valence-corrected chi connectivity index (χ3v) is 2.99. The summed E-state index contributed by atoms with van der Waals surface area (Å²) in [6.07, 6.45) is -0.980. The van der Waals surface area contributed by atoms with E-state index in [1.54, 1.807) is 0 Å². The van der Waals surface area contributed by atoms with E-state index < -0.39 is 29.7 Å². The number of rotatable bonds is 2. The Morgan fingerprint density at radius 2 is 2.30 bits per heavy atom. The Balaban J connectivity index is 2.38. The minimum absolute atomic E-state index is 0.0839. The van der Waals surface area contributed by atoms with Crippen LogP contribution in [0.4, 0.5) is 0 Å². The van der Waals surface area contributed by atoms with Gasteiger partial charge >= 0.3 is 5.69 Å². The zero-order valence-electron chi connectivity index (χ0n) is 10.6. The van der Waals surface area contributed by atoms with Gasteiger partial charge in [-0.1, -0.05) is 11.8 Å². The molecule has 0 amide bonds. The van der Waals surface area contributed by atoms with Crippen LogP contribution in [0.5, 0.6) is 0 Å². The highest BCUT2D eigenvalue weighted by molar-refractivity contribution is 5.29.